The van der Waals surface area contributed by atoms with Gasteiger partial charge < -0.3 is 9.84 Å². The average Bonchev–Trinajstić information content (AvgIpc) is 2.96. The van der Waals surface area contributed by atoms with E-state index in [1.807, 2.05) is 38.1 Å². The first-order valence-corrected chi connectivity index (χ1v) is 14.7. The fourth-order valence-corrected chi connectivity index (χ4v) is 5.06. The minimum Gasteiger partial charge on any atom is -0.507 e. The van der Waals surface area contributed by atoms with Crippen molar-refractivity contribution in [1.82, 2.24) is 0 Å². The van der Waals surface area contributed by atoms with Crippen LogP contribution in [-0.2, 0) is 0 Å². The van der Waals surface area contributed by atoms with Crippen LogP contribution in [0.2, 0.25) is 0 Å². The molecule has 0 aromatic heterocycles. The van der Waals surface area contributed by atoms with Gasteiger partial charge in [-0.2, -0.15) is 0 Å². The quantitative estimate of drug-likeness (QED) is 0.214. The van der Waals surface area contributed by atoms with E-state index >= 15 is 0 Å². The summed E-state index contributed by atoms with van der Waals surface area (Å²) in [6.45, 7) is 9.00. The maximum atomic E-state index is 10.7. The maximum absolute atomic E-state index is 10.7. The van der Waals surface area contributed by atoms with Crippen molar-refractivity contribution in [2.24, 2.45) is 0 Å². The standard InChI is InChI=1S/C32H34O2P2.C2H6/c1-3-5-6-7-25-14-19-29(32(36)31(25)33)26-15-18-28(30(35)21-26)24-10-8-22(9-11-24)23-12-16-27(17-13-23)34-20-4-2;1-2/h6-19,21,33H,3-5,20,35-36H2,1-2H3;1-2H3/b7-6+;. The van der Waals surface area contributed by atoms with E-state index < -0.39 is 0 Å². The Labute approximate surface area is 233 Å². The SMILES string of the molecule is CC.CCC/C=C/c1ccc(-c2ccc(-c3ccc(-c4ccc(OCCC)cc4)cc3)c(P)c2)c(P)c1O. The predicted molar refractivity (Wildman–Crippen MR) is 174 cm³/mol. The molecule has 38 heavy (non-hydrogen) atoms. The number of phenols is 1. The topological polar surface area (TPSA) is 29.5 Å². The Morgan fingerprint density at radius 3 is 1.89 bits per heavy atom. The minimum absolute atomic E-state index is 0.319. The smallest absolute Gasteiger partial charge is 0.130 e. The Bertz CT molecular complexity index is 1340. The van der Waals surface area contributed by atoms with E-state index in [1.54, 1.807) is 0 Å². The Hall–Kier alpha value is -2.92. The van der Waals surface area contributed by atoms with Crippen molar-refractivity contribution < 1.29 is 9.84 Å². The van der Waals surface area contributed by atoms with Crippen LogP contribution in [0.4, 0.5) is 0 Å². The second kappa shape index (κ2) is 14.9. The molecule has 0 heterocycles. The first kappa shape index (κ1) is 29.6. The van der Waals surface area contributed by atoms with E-state index in [2.05, 4.69) is 99.1 Å². The van der Waals surface area contributed by atoms with E-state index in [4.69, 9.17) is 4.74 Å². The predicted octanol–water partition coefficient (Wildman–Crippen LogP) is 9.02. The van der Waals surface area contributed by atoms with Crippen molar-refractivity contribution in [2.75, 3.05) is 6.61 Å². The molecular formula is C34H40O2P2. The van der Waals surface area contributed by atoms with Gasteiger partial charge in [-0.3, -0.25) is 0 Å². The molecule has 0 saturated carbocycles. The van der Waals surface area contributed by atoms with Crippen molar-refractivity contribution in [3.05, 3.63) is 90.5 Å². The Morgan fingerprint density at radius 2 is 1.29 bits per heavy atom. The van der Waals surface area contributed by atoms with Crippen LogP contribution in [0.15, 0.2) is 84.9 Å². The molecule has 0 saturated heterocycles. The van der Waals surface area contributed by atoms with E-state index in [0.29, 0.717) is 5.75 Å². The summed E-state index contributed by atoms with van der Waals surface area (Å²) >= 11 is 0. The minimum atomic E-state index is 0.319. The van der Waals surface area contributed by atoms with Crippen molar-refractivity contribution in [3.8, 4) is 44.9 Å². The normalized spacial score (nSPS) is 10.8. The van der Waals surface area contributed by atoms with Gasteiger partial charge in [0.2, 0.25) is 0 Å². The molecule has 0 aliphatic carbocycles. The molecule has 2 nitrogen and oxygen atoms in total. The highest BCUT2D eigenvalue weighted by Gasteiger charge is 2.11. The molecule has 4 aromatic carbocycles. The van der Waals surface area contributed by atoms with Gasteiger partial charge in [-0.15, -0.1) is 18.5 Å². The molecule has 0 fully saturated rings. The van der Waals surface area contributed by atoms with Gasteiger partial charge in [-0.05, 0) is 69.7 Å². The van der Waals surface area contributed by atoms with E-state index in [0.717, 1.165) is 58.9 Å². The molecule has 4 rings (SSSR count). The number of hydrogen-bond donors (Lipinski definition) is 1. The third-order valence-electron chi connectivity index (χ3n) is 6.22. The second-order valence-corrected chi connectivity index (χ2v) is 10.1. The summed E-state index contributed by atoms with van der Waals surface area (Å²) in [5.41, 5.74) is 7.64. The van der Waals surface area contributed by atoms with Crippen molar-refractivity contribution in [3.63, 3.8) is 0 Å². The molecule has 0 aliphatic rings. The van der Waals surface area contributed by atoms with Gasteiger partial charge in [0, 0.05) is 10.9 Å². The summed E-state index contributed by atoms with van der Waals surface area (Å²) in [4.78, 5) is 0. The molecule has 2 atom stereocenters. The molecule has 4 heteroatoms. The zero-order valence-electron chi connectivity index (χ0n) is 23.0. The fourth-order valence-electron chi connectivity index (χ4n) is 4.19. The molecular weight excluding hydrogens is 502 g/mol. The Kier molecular flexibility index (Phi) is 11.6. The lowest BCUT2D eigenvalue weighted by Crippen LogP contribution is -2.03. The number of allylic oxidation sites excluding steroid dienone is 1. The van der Waals surface area contributed by atoms with Gasteiger partial charge in [-0.1, -0.05) is 107 Å². The molecule has 0 aliphatic heterocycles. The number of hydrogen-bond acceptors (Lipinski definition) is 2. The highest BCUT2D eigenvalue weighted by molar-refractivity contribution is 7.28. The van der Waals surface area contributed by atoms with Crippen LogP contribution in [0.5, 0.6) is 11.5 Å². The Balaban J connectivity index is 0.00000195. The van der Waals surface area contributed by atoms with Gasteiger partial charge in [-0.25, -0.2) is 0 Å². The largest absolute Gasteiger partial charge is 0.507 e. The van der Waals surface area contributed by atoms with Crippen molar-refractivity contribution in [2.45, 2.75) is 47.0 Å². The zero-order valence-corrected chi connectivity index (χ0v) is 25.3. The number of benzene rings is 4. The summed E-state index contributed by atoms with van der Waals surface area (Å²) in [7, 11) is 5.58. The molecule has 0 amide bonds. The Morgan fingerprint density at radius 1 is 0.711 bits per heavy atom. The summed E-state index contributed by atoms with van der Waals surface area (Å²) in [6.07, 6.45) is 7.21. The third-order valence-corrected chi connectivity index (χ3v) is 7.28. The lowest BCUT2D eigenvalue weighted by Gasteiger charge is -2.13. The van der Waals surface area contributed by atoms with Crippen LogP contribution < -0.4 is 15.3 Å². The first-order chi connectivity index (χ1) is 18.5. The van der Waals surface area contributed by atoms with Crippen LogP contribution in [0.1, 0.15) is 52.5 Å². The third kappa shape index (κ3) is 7.35. The number of ether oxygens (including phenoxy) is 1. The van der Waals surface area contributed by atoms with Crippen LogP contribution in [0.3, 0.4) is 0 Å². The molecule has 0 bridgehead atoms. The second-order valence-electron chi connectivity index (χ2n) is 8.91. The molecule has 2 unspecified atom stereocenters. The summed E-state index contributed by atoms with van der Waals surface area (Å²) < 4.78 is 5.70. The van der Waals surface area contributed by atoms with Crippen LogP contribution in [-0.4, -0.2) is 11.7 Å². The molecule has 198 valence electrons. The zero-order chi connectivity index (χ0) is 27.5. The van der Waals surface area contributed by atoms with E-state index in [9.17, 15) is 5.11 Å². The van der Waals surface area contributed by atoms with E-state index in [1.165, 1.54) is 22.3 Å². The fraction of sp³-hybridized carbons (Fsp3) is 0.235. The van der Waals surface area contributed by atoms with Crippen molar-refractivity contribution in [1.29, 1.82) is 0 Å². The van der Waals surface area contributed by atoms with Crippen LogP contribution >= 0.6 is 18.5 Å². The summed E-state index contributed by atoms with van der Waals surface area (Å²) in [6, 6.07) is 27.5. The molecule has 4 aromatic rings. The first-order valence-electron chi connectivity index (χ1n) is 13.5. The lowest BCUT2D eigenvalue weighted by molar-refractivity contribution is 0.317. The monoisotopic (exact) mass is 542 g/mol. The number of rotatable bonds is 9. The van der Waals surface area contributed by atoms with Gasteiger partial charge in [0.05, 0.1) is 6.61 Å². The summed E-state index contributed by atoms with van der Waals surface area (Å²) in [5.74, 6) is 1.23. The highest BCUT2D eigenvalue weighted by atomic mass is 31.0. The molecule has 0 radical (unpaired) electrons. The maximum Gasteiger partial charge on any atom is 0.130 e. The van der Waals surface area contributed by atoms with Crippen LogP contribution in [0, 0.1) is 0 Å². The van der Waals surface area contributed by atoms with Gasteiger partial charge in [0.15, 0.2) is 0 Å². The number of phenolic OH excluding ortho intramolecular Hbond substituents is 1. The lowest BCUT2D eigenvalue weighted by atomic mass is 9.97. The van der Waals surface area contributed by atoms with Crippen LogP contribution in [0.25, 0.3) is 39.5 Å². The molecule has 1 N–H and O–H groups in total. The van der Waals surface area contributed by atoms with E-state index in [-0.39, 0.29) is 0 Å². The number of aromatic hydroxyl groups is 1. The number of unbranched alkanes of at least 4 members (excludes halogenated alkanes) is 1. The van der Waals surface area contributed by atoms with Crippen molar-refractivity contribution >= 4 is 35.2 Å². The molecule has 0 spiro atoms. The average molecular weight is 543 g/mol. The highest BCUT2D eigenvalue weighted by Crippen LogP contribution is 2.31. The van der Waals surface area contributed by atoms with Gasteiger partial charge in [0.1, 0.15) is 11.5 Å². The summed E-state index contributed by atoms with van der Waals surface area (Å²) in [5, 5.41) is 12.7. The van der Waals surface area contributed by atoms with Gasteiger partial charge >= 0.3 is 0 Å². The van der Waals surface area contributed by atoms with Gasteiger partial charge in [0.25, 0.3) is 0 Å².